The van der Waals surface area contributed by atoms with Crippen LogP contribution in [0.1, 0.15) is 31.4 Å². The molecule has 0 heterocycles. The Bertz CT molecular complexity index is 322. The lowest BCUT2D eigenvalue weighted by Gasteiger charge is -2.20. The summed E-state index contributed by atoms with van der Waals surface area (Å²) in [5.74, 6) is 0.956. The van der Waals surface area contributed by atoms with Gasteiger partial charge in [0.25, 0.3) is 0 Å². The highest BCUT2D eigenvalue weighted by Gasteiger charge is 2.13. The topological polar surface area (TPSA) is 21.3 Å². The lowest BCUT2D eigenvalue weighted by molar-refractivity contribution is 0.396. The summed E-state index contributed by atoms with van der Waals surface area (Å²) in [7, 11) is 1.72. The molecule has 2 heteroatoms. The third kappa shape index (κ3) is 3.38. The van der Waals surface area contributed by atoms with E-state index in [-0.39, 0.29) is 0 Å². The smallest absolute Gasteiger partial charge is 0.123 e. The van der Waals surface area contributed by atoms with Crippen LogP contribution in [-0.4, -0.2) is 13.7 Å². The minimum Gasteiger partial charge on any atom is -0.496 e. The Hall–Kier alpha value is -1.28. The van der Waals surface area contributed by atoms with Gasteiger partial charge < -0.3 is 10.1 Å². The van der Waals surface area contributed by atoms with Gasteiger partial charge in [0.15, 0.2) is 0 Å². The van der Waals surface area contributed by atoms with Crippen molar-refractivity contribution in [2.45, 2.75) is 25.8 Å². The largest absolute Gasteiger partial charge is 0.496 e. The summed E-state index contributed by atoms with van der Waals surface area (Å²) in [5.41, 5.74) is 1.23. The van der Waals surface area contributed by atoms with E-state index in [1.165, 1.54) is 5.56 Å². The summed E-state index contributed by atoms with van der Waals surface area (Å²) in [4.78, 5) is 0. The van der Waals surface area contributed by atoms with Crippen LogP contribution in [0.2, 0.25) is 0 Å². The lowest BCUT2D eigenvalue weighted by atomic mass is 10.0. The fraction of sp³-hybridized carbons (Fsp3) is 0.429. The van der Waals surface area contributed by atoms with Gasteiger partial charge in [-0.3, -0.25) is 0 Å². The molecule has 1 aromatic rings. The molecule has 0 radical (unpaired) electrons. The van der Waals surface area contributed by atoms with Crippen molar-refractivity contribution >= 4 is 0 Å². The SMILES string of the molecule is C=CCCC(NCC)c1ccccc1OC. The molecule has 1 aromatic carbocycles. The first-order valence-electron chi connectivity index (χ1n) is 5.80. The highest BCUT2D eigenvalue weighted by atomic mass is 16.5. The Labute approximate surface area is 98.3 Å². The molecule has 0 saturated heterocycles. The summed E-state index contributed by atoms with van der Waals surface area (Å²) in [6.07, 6.45) is 4.02. The van der Waals surface area contributed by atoms with Crippen molar-refractivity contribution in [3.05, 3.63) is 42.5 Å². The van der Waals surface area contributed by atoms with Crippen LogP contribution < -0.4 is 10.1 Å². The number of hydrogen-bond acceptors (Lipinski definition) is 2. The van der Waals surface area contributed by atoms with Crippen LogP contribution in [0, 0.1) is 0 Å². The van der Waals surface area contributed by atoms with Crippen LogP contribution in [0.5, 0.6) is 5.75 Å². The molecule has 0 aliphatic carbocycles. The Morgan fingerprint density at radius 1 is 1.44 bits per heavy atom. The van der Waals surface area contributed by atoms with Crippen LogP contribution in [-0.2, 0) is 0 Å². The average Bonchev–Trinajstić information content (AvgIpc) is 2.34. The van der Waals surface area contributed by atoms with E-state index in [9.17, 15) is 0 Å². The van der Waals surface area contributed by atoms with Crippen LogP contribution in [0.4, 0.5) is 0 Å². The molecule has 0 spiro atoms. The molecule has 1 rings (SSSR count). The van der Waals surface area contributed by atoms with Crippen molar-refractivity contribution in [1.29, 1.82) is 0 Å². The van der Waals surface area contributed by atoms with Crippen molar-refractivity contribution in [2.75, 3.05) is 13.7 Å². The van der Waals surface area contributed by atoms with E-state index >= 15 is 0 Å². The monoisotopic (exact) mass is 219 g/mol. The lowest BCUT2D eigenvalue weighted by Crippen LogP contribution is -2.21. The van der Waals surface area contributed by atoms with Gasteiger partial charge in [-0.05, 0) is 25.5 Å². The molecule has 1 unspecified atom stereocenters. The molecule has 0 bridgehead atoms. The number of allylic oxidation sites excluding steroid dienone is 1. The summed E-state index contributed by atoms with van der Waals surface area (Å²) >= 11 is 0. The van der Waals surface area contributed by atoms with Gasteiger partial charge in [-0.15, -0.1) is 6.58 Å². The van der Waals surface area contributed by atoms with Crippen molar-refractivity contribution in [1.82, 2.24) is 5.32 Å². The molecule has 0 aromatic heterocycles. The summed E-state index contributed by atoms with van der Waals surface area (Å²) in [5, 5.41) is 3.48. The van der Waals surface area contributed by atoms with Crippen molar-refractivity contribution in [3.63, 3.8) is 0 Å². The normalized spacial score (nSPS) is 12.1. The maximum atomic E-state index is 5.39. The van der Waals surface area contributed by atoms with Gasteiger partial charge in [0, 0.05) is 11.6 Å². The number of hydrogen-bond donors (Lipinski definition) is 1. The van der Waals surface area contributed by atoms with Crippen molar-refractivity contribution < 1.29 is 4.74 Å². The molecule has 16 heavy (non-hydrogen) atoms. The molecule has 0 aliphatic rings. The van der Waals surface area contributed by atoms with Crippen molar-refractivity contribution in [3.8, 4) is 5.75 Å². The first-order valence-corrected chi connectivity index (χ1v) is 5.80. The molecule has 1 atom stereocenters. The van der Waals surface area contributed by atoms with Gasteiger partial charge in [0.1, 0.15) is 5.75 Å². The van der Waals surface area contributed by atoms with E-state index < -0.39 is 0 Å². The van der Waals surface area contributed by atoms with E-state index in [0.717, 1.165) is 25.1 Å². The fourth-order valence-corrected chi connectivity index (χ4v) is 1.85. The molecular weight excluding hydrogens is 198 g/mol. The fourth-order valence-electron chi connectivity index (χ4n) is 1.85. The summed E-state index contributed by atoms with van der Waals surface area (Å²) < 4.78 is 5.39. The second kappa shape index (κ2) is 7.07. The third-order valence-electron chi connectivity index (χ3n) is 2.62. The standard InChI is InChI=1S/C14H21NO/c1-4-6-10-13(15-5-2)12-9-7-8-11-14(12)16-3/h4,7-9,11,13,15H,1,5-6,10H2,2-3H3. The van der Waals surface area contributed by atoms with E-state index in [4.69, 9.17) is 4.74 Å². The second-order valence-corrected chi connectivity index (χ2v) is 3.72. The van der Waals surface area contributed by atoms with Gasteiger partial charge in [0.2, 0.25) is 0 Å². The van der Waals surface area contributed by atoms with Crippen LogP contribution in [0.25, 0.3) is 0 Å². The predicted molar refractivity (Wildman–Crippen MR) is 68.8 cm³/mol. The number of para-hydroxylation sites is 1. The number of methoxy groups -OCH3 is 1. The number of benzene rings is 1. The van der Waals surface area contributed by atoms with Crippen LogP contribution in [0.15, 0.2) is 36.9 Å². The number of rotatable bonds is 7. The van der Waals surface area contributed by atoms with Crippen LogP contribution in [0.3, 0.4) is 0 Å². The zero-order valence-corrected chi connectivity index (χ0v) is 10.2. The Kier molecular flexibility index (Phi) is 5.65. The van der Waals surface area contributed by atoms with Crippen LogP contribution >= 0.6 is 0 Å². The highest BCUT2D eigenvalue weighted by Crippen LogP contribution is 2.27. The third-order valence-corrected chi connectivity index (χ3v) is 2.62. The summed E-state index contributed by atoms with van der Waals surface area (Å²) in [6.45, 7) is 6.85. The minimum absolute atomic E-state index is 0.346. The first kappa shape index (κ1) is 12.8. The molecule has 1 N–H and O–H groups in total. The van der Waals surface area contributed by atoms with E-state index in [1.807, 2.05) is 18.2 Å². The van der Waals surface area contributed by atoms with Gasteiger partial charge in [-0.1, -0.05) is 31.2 Å². The molecule has 0 saturated carbocycles. The van der Waals surface area contributed by atoms with E-state index in [1.54, 1.807) is 7.11 Å². The maximum Gasteiger partial charge on any atom is 0.123 e. The Morgan fingerprint density at radius 2 is 2.19 bits per heavy atom. The molecule has 2 nitrogen and oxygen atoms in total. The molecule has 0 aliphatic heterocycles. The van der Waals surface area contributed by atoms with Gasteiger partial charge in [-0.25, -0.2) is 0 Å². The quantitative estimate of drug-likeness (QED) is 0.710. The van der Waals surface area contributed by atoms with E-state index in [2.05, 4.69) is 31.0 Å². The minimum atomic E-state index is 0.346. The number of ether oxygens (including phenoxy) is 1. The van der Waals surface area contributed by atoms with Gasteiger partial charge in [-0.2, -0.15) is 0 Å². The first-order chi connectivity index (χ1) is 7.83. The Balaban J connectivity index is 2.85. The summed E-state index contributed by atoms with van der Waals surface area (Å²) in [6, 6.07) is 8.52. The van der Waals surface area contributed by atoms with E-state index in [0.29, 0.717) is 6.04 Å². The van der Waals surface area contributed by atoms with Gasteiger partial charge in [0.05, 0.1) is 7.11 Å². The zero-order chi connectivity index (χ0) is 11.8. The molecule has 88 valence electrons. The van der Waals surface area contributed by atoms with Gasteiger partial charge >= 0.3 is 0 Å². The number of nitrogens with one attached hydrogen (secondary N) is 1. The highest BCUT2D eigenvalue weighted by molar-refractivity contribution is 5.35. The molecule has 0 fully saturated rings. The average molecular weight is 219 g/mol. The predicted octanol–water partition coefficient (Wildman–Crippen LogP) is 3.31. The second-order valence-electron chi connectivity index (χ2n) is 3.72. The maximum absolute atomic E-state index is 5.39. The zero-order valence-electron chi connectivity index (χ0n) is 10.2. The molecule has 0 amide bonds. The van der Waals surface area contributed by atoms with Crippen molar-refractivity contribution in [2.24, 2.45) is 0 Å². The Morgan fingerprint density at radius 3 is 2.81 bits per heavy atom. The molecular formula is C14H21NO.